The zero-order valence-electron chi connectivity index (χ0n) is 12.1. The summed E-state index contributed by atoms with van der Waals surface area (Å²) < 4.78 is 0. The molecule has 5 nitrogen and oxygen atoms in total. The number of nitrogens with one attached hydrogen (secondary N) is 1. The van der Waals surface area contributed by atoms with Crippen molar-refractivity contribution in [2.45, 2.75) is 32.7 Å². The summed E-state index contributed by atoms with van der Waals surface area (Å²) in [6.07, 6.45) is 7.15. The van der Waals surface area contributed by atoms with Gasteiger partial charge in [0.25, 0.3) is 0 Å². The summed E-state index contributed by atoms with van der Waals surface area (Å²) in [7, 11) is 0. The monoisotopic (exact) mass is 288 g/mol. The Labute approximate surface area is 124 Å². The fourth-order valence-corrected chi connectivity index (χ4v) is 2.63. The van der Waals surface area contributed by atoms with Crippen LogP contribution in [0.5, 0.6) is 0 Å². The van der Waals surface area contributed by atoms with Crippen molar-refractivity contribution in [1.82, 2.24) is 10.3 Å². The summed E-state index contributed by atoms with van der Waals surface area (Å²) in [5.74, 6) is -2.25. The van der Waals surface area contributed by atoms with E-state index in [1.54, 1.807) is 6.20 Å². The Balaban J connectivity index is 2.01. The number of carbonyl (C=O) groups is 2. The van der Waals surface area contributed by atoms with E-state index in [1.807, 2.05) is 31.2 Å². The number of nitrogens with zero attached hydrogens (tertiary/aromatic N) is 1. The molecule has 0 aliphatic heterocycles. The van der Waals surface area contributed by atoms with Crippen molar-refractivity contribution in [3.05, 3.63) is 41.7 Å². The molecule has 2 rings (SSSR count). The molecule has 2 N–H and O–H groups in total. The van der Waals surface area contributed by atoms with Crippen LogP contribution in [0.25, 0.3) is 0 Å². The van der Waals surface area contributed by atoms with E-state index in [2.05, 4.69) is 10.3 Å². The number of aliphatic carboxylic acids is 1. The first-order chi connectivity index (χ1) is 10.1. The summed E-state index contributed by atoms with van der Waals surface area (Å²) in [6, 6.07) is 3.86. The molecule has 1 amide bonds. The molecule has 0 fully saturated rings. The minimum atomic E-state index is -0.911. The molecule has 2 atom stereocenters. The Hall–Kier alpha value is -2.17. The number of amides is 1. The highest BCUT2D eigenvalue weighted by atomic mass is 16.4. The number of pyridine rings is 1. The Bertz CT molecular complexity index is 554. The van der Waals surface area contributed by atoms with Gasteiger partial charge in [0.05, 0.1) is 24.1 Å². The van der Waals surface area contributed by atoms with Crippen LogP contribution in [0.1, 0.15) is 31.0 Å². The van der Waals surface area contributed by atoms with E-state index in [4.69, 9.17) is 0 Å². The van der Waals surface area contributed by atoms with Gasteiger partial charge >= 0.3 is 5.97 Å². The number of hydrogen-bond acceptors (Lipinski definition) is 3. The van der Waals surface area contributed by atoms with Crippen LogP contribution in [-0.4, -0.2) is 22.0 Å². The van der Waals surface area contributed by atoms with E-state index in [0.29, 0.717) is 19.4 Å². The molecule has 1 aromatic rings. The molecular weight excluding hydrogens is 268 g/mol. The Morgan fingerprint density at radius 3 is 2.71 bits per heavy atom. The molecule has 1 heterocycles. The van der Waals surface area contributed by atoms with E-state index in [9.17, 15) is 14.7 Å². The summed E-state index contributed by atoms with van der Waals surface area (Å²) in [6.45, 7) is 2.38. The highest BCUT2D eigenvalue weighted by molar-refractivity contribution is 5.85. The van der Waals surface area contributed by atoms with E-state index in [0.717, 1.165) is 17.7 Å². The lowest BCUT2D eigenvalue weighted by Crippen LogP contribution is -2.38. The van der Waals surface area contributed by atoms with Gasteiger partial charge < -0.3 is 10.4 Å². The smallest absolute Gasteiger partial charge is 0.307 e. The van der Waals surface area contributed by atoms with Gasteiger partial charge in [0.2, 0.25) is 5.91 Å². The normalized spacial score (nSPS) is 21.0. The van der Waals surface area contributed by atoms with Gasteiger partial charge in [0.1, 0.15) is 0 Å². The number of carboxylic acids is 1. The van der Waals surface area contributed by atoms with E-state index >= 15 is 0 Å². The zero-order chi connectivity index (χ0) is 15.2. The lowest BCUT2D eigenvalue weighted by molar-refractivity contribution is -0.147. The average Bonchev–Trinajstić information content (AvgIpc) is 2.52. The topological polar surface area (TPSA) is 79.3 Å². The van der Waals surface area contributed by atoms with Crippen molar-refractivity contribution < 1.29 is 14.7 Å². The highest BCUT2D eigenvalue weighted by Gasteiger charge is 2.33. The summed E-state index contributed by atoms with van der Waals surface area (Å²) in [4.78, 5) is 27.7. The van der Waals surface area contributed by atoms with Crippen LogP contribution in [0.15, 0.2) is 30.5 Å². The maximum Gasteiger partial charge on any atom is 0.307 e. The minimum Gasteiger partial charge on any atom is -0.481 e. The van der Waals surface area contributed by atoms with Gasteiger partial charge in [-0.05, 0) is 30.9 Å². The van der Waals surface area contributed by atoms with Crippen molar-refractivity contribution in [1.29, 1.82) is 0 Å². The molecule has 0 bridgehead atoms. The molecule has 1 aromatic heterocycles. The second kappa shape index (κ2) is 7.02. The first-order valence-electron chi connectivity index (χ1n) is 7.21. The number of aromatic nitrogens is 1. The Kier molecular flexibility index (Phi) is 5.09. The Morgan fingerprint density at radius 2 is 2.05 bits per heavy atom. The molecule has 0 radical (unpaired) electrons. The van der Waals surface area contributed by atoms with Gasteiger partial charge in [-0.1, -0.05) is 25.1 Å². The van der Waals surface area contributed by atoms with Gasteiger partial charge in [-0.15, -0.1) is 0 Å². The maximum absolute atomic E-state index is 12.2. The lowest BCUT2D eigenvalue weighted by atomic mass is 9.82. The number of allylic oxidation sites excluding steroid dienone is 2. The summed E-state index contributed by atoms with van der Waals surface area (Å²) in [5, 5.41) is 12.0. The molecule has 0 spiro atoms. The molecule has 0 aromatic carbocycles. The second-order valence-electron chi connectivity index (χ2n) is 5.17. The van der Waals surface area contributed by atoms with Crippen molar-refractivity contribution in [2.24, 2.45) is 11.8 Å². The zero-order valence-corrected chi connectivity index (χ0v) is 12.1. The van der Waals surface area contributed by atoms with Crippen molar-refractivity contribution in [3.8, 4) is 0 Å². The second-order valence-corrected chi connectivity index (χ2v) is 5.17. The predicted octanol–water partition coefficient (Wildman–Crippen LogP) is 1.93. The molecule has 1 aliphatic carbocycles. The van der Waals surface area contributed by atoms with Crippen LogP contribution < -0.4 is 5.32 Å². The first-order valence-corrected chi connectivity index (χ1v) is 7.21. The summed E-state index contributed by atoms with van der Waals surface area (Å²) >= 11 is 0. The Morgan fingerprint density at radius 1 is 1.33 bits per heavy atom. The number of carbonyl (C=O) groups excluding carboxylic acids is 1. The molecule has 112 valence electrons. The molecule has 1 aliphatic rings. The van der Waals surface area contributed by atoms with E-state index < -0.39 is 17.8 Å². The number of rotatable bonds is 5. The quantitative estimate of drug-likeness (QED) is 0.811. The van der Waals surface area contributed by atoms with Crippen LogP contribution in [0.2, 0.25) is 0 Å². The number of hydrogen-bond donors (Lipinski definition) is 2. The fraction of sp³-hybridized carbons (Fsp3) is 0.438. The van der Waals surface area contributed by atoms with Gasteiger partial charge in [0.15, 0.2) is 0 Å². The van der Waals surface area contributed by atoms with Gasteiger partial charge in [-0.2, -0.15) is 0 Å². The van der Waals surface area contributed by atoms with E-state index in [1.165, 1.54) is 0 Å². The SMILES string of the molecule is CCc1cccnc1CNC(=O)C1CC=CCC1C(=O)O. The molecule has 2 unspecified atom stereocenters. The third-order valence-electron chi connectivity index (χ3n) is 3.88. The molecular formula is C16H20N2O3. The largest absolute Gasteiger partial charge is 0.481 e. The van der Waals surface area contributed by atoms with Crippen LogP contribution in [0.3, 0.4) is 0 Å². The lowest BCUT2D eigenvalue weighted by Gasteiger charge is -2.24. The van der Waals surface area contributed by atoms with Crippen molar-refractivity contribution >= 4 is 11.9 Å². The van der Waals surface area contributed by atoms with Crippen LogP contribution in [0, 0.1) is 11.8 Å². The standard InChI is InChI=1S/C16H20N2O3/c1-2-11-6-5-9-17-14(11)10-18-15(19)12-7-3-4-8-13(12)16(20)21/h3-6,9,12-13H,2,7-8,10H2,1H3,(H,18,19)(H,20,21). The molecule has 21 heavy (non-hydrogen) atoms. The molecule has 5 heteroatoms. The van der Waals surface area contributed by atoms with Crippen LogP contribution in [-0.2, 0) is 22.6 Å². The van der Waals surface area contributed by atoms with Gasteiger partial charge in [-0.25, -0.2) is 0 Å². The van der Waals surface area contributed by atoms with Crippen molar-refractivity contribution in [2.75, 3.05) is 0 Å². The predicted molar refractivity (Wildman–Crippen MR) is 78.5 cm³/mol. The number of carboxylic acid groups (broad SMARTS) is 1. The molecule has 0 saturated carbocycles. The third kappa shape index (κ3) is 3.68. The van der Waals surface area contributed by atoms with E-state index in [-0.39, 0.29) is 5.91 Å². The van der Waals surface area contributed by atoms with Gasteiger partial charge in [0, 0.05) is 6.20 Å². The average molecular weight is 288 g/mol. The number of aryl methyl sites for hydroxylation is 1. The third-order valence-corrected chi connectivity index (χ3v) is 3.88. The highest BCUT2D eigenvalue weighted by Crippen LogP contribution is 2.26. The first kappa shape index (κ1) is 15.2. The van der Waals surface area contributed by atoms with Gasteiger partial charge in [-0.3, -0.25) is 14.6 Å². The van der Waals surface area contributed by atoms with Crippen molar-refractivity contribution in [3.63, 3.8) is 0 Å². The maximum atomic E-state index is 12.2. The fourth-order valence-electron chi connectivity index (χ4n) is 2.63. The summed E-state index contributed by atoms with van der Waals surface area (Å²) in [5.41, 5.74) is 1.93. The van der Waals surface area contributed by atoms with Crippen LogP contribution >= 0.6 is 0 Å². The minimum absolute atomic E-state index is 0.209. The molecule has 0 saturated heterocycles. The van der Waals surface area contributed by atoms with Crippen LogP contribution in [0.4, 0.5) is 0 Å².